The molecule has 1 atom stereocenters. The van der Waals surface area contributed by atoms with Gasteiger partial charge in [-0.3, -0.25) is 0 Å². The van der Waals surface area contributed by atoms with Crippen molar-refractivity contribution in [2.75, 3.05) is 7.11 Å². The van der Waals surface area contributed by atoms with Crippen LogP contribution < -0.4 is 15.4 Å². The van der Waals surface area contributed by atoms with Gasteiger partial charge >= 0.3 is 6.03 Å². The molecule has 2 aromatic rings. The summed E-state index contributed by atoms with van der Waals surface area (Å²) in [5.41, 5.74) is 2.03. The second-order valence-electron chi connectivity index (χ2n) is 4.92. The minimum atomic E-state index is -0.203. The Hall–Kier alpha value is -2.01. The van der Waals surface area contributed by atoms with Crippen molar-refractivity contribution in [2.45, 2.75) is 19.5 Å². The lowest BCUT2D eigenvalue weighted by Gasteiger charge is -2.16. The predicted molar refractivity (Wildman–Crippen MR) is 90.9 cm³/mol. The van der Waals surface area contributed by atoms with Gasteiger partial charge in [0.2, 0.25) is 0 Å². The highest BCUT2D eigenvalue weighted by Crippen LogP contribution is 2.22. The van der Waals surface area contributed by atoms with Gasteiger partial charge in [0.05, 0.1) is 13.2 Å². The van der Waals surface area contributed by atoms with E-state index in [-0.39, 0.29) is 12.1 Å². The zero-order valence-corrected chi connectivity index (χ0v) is 14.2. The molecule has 116 valence electrons. The van der Waals surface area contributed by atoms with Crippen LogP contribution >= 0.6 is 15.9 Å². The third-order valence-electron chi connectivity index (χ3n) is 3.31. The molecule has 0 fully saturated rings. The van der Waals surface area contributed by atoms with Crippen molar-refractivity contribution in [2.24, 2.45) is 0 Å². The number of nitrogens with one attached hydrogen (secondary N) is 2. The maximum absolute atomic E-state index is 12.0. The number of hydrogen-bond donors (Lipinski definition) is 2. The molecule has 0 saturated carbocycles. The molecular formula is C17H19BrN2O2. The van der Waals surface area contributed by atoms with E-state index in [0.29, 0.717) is 6.54 Å². The second kappa shape index (κ2) is 7.84. The Morgan fingerprint density at radius 1 is 1.23 bits per heavy atom. The molecular weight excluding hydrogens is 344 g/mol. The van der Waals surface area contributed by atoms with E-state index in [1.54, 1.807) is 7.11 Å². The Bertz CT molecular complexity index is 646. The summed E-state index contributed by atoms with van der Waals surface area (Å²) >= 11 is 3.49. The summed E-state index contributed by atoms with van der Waals surface area (Å²) in [6.45, 7) is 2.40. The molecule has 2 aromatic carbocycles. The fourth-order valence-electron chi connectivity index (χ4n) is 2.12. The second-order valence-corrected chi connectivity index (χ2v) is 5.78. The number of hydrogen-bond acceptors (Lipinski definition) is 2. The number of amides is 2. The molecule has 22 heavy (non-hydrogen) atoms. The number of benzene rings is 2. The fraction of sp³-hybridized carbons (Fsp3) is 0.235. The standard InChI is InChI=1S/C17H19BrN2O2/c1-12(15-8-3-4-9-16(15)18)20-17(21)19-11-13-6-5-7-14(10-13)22-2/h3-10,12H,11H2,1-2H3,(H2,19,20,21). The van der Waals surface area contributed by atoms with Crippen LogP contribution in [-0.2, 0) is 6.54 Å². The summed E-state index contributed by atoms with van der Waals surface area (Å²) in [5, 5.41) is 5.77. The van der Waals surface area contributed by atoms with Crippen molar-refractivity contribution in [3.63, 3.8) is 0 Å². The number of methoxy groups -OCH3 is 1. The quantitative estimate of drug-likeness (QED) is 0.843. The Morgan fingerprint density at radius 2 is 2.00 bits per heavy atom. The summed E-state index contributed by atoms with van der Waals surface area (Å²) < 4.78 is 6.15. The highest BCUT2D eigenvalue weighted by atomic mass is 79.9. The van der Waals surface area contributed by atoms with Gasteiger partial charge in [0, 0.05) is 11.0 Å². The molecule has 5 heteroatoms. The molecule has 0 aliphatic rings. The Balaban J connectivity index is 1.89. The van der Waals surface area contributed by atoms with E-state index >= 15 is 0 Å². The van der Waals surface area contributed by atoms with Crippen molar-refractivity contribution in [3.05, 3.63) is 64.1 Å². The average Bonchev–Trinajstić information content (AvgIpc) is 2.53. The number of carbonyl (C=O) groups is 1. The summed E-state index contributed by atoms with van der Waals surface area (Å²) in [5.74, 6) is 0.779. The number of carbonyl (C=O) groups excluding carboxylic acids is 1. The molecule has 0 aliphatic carbocycles. The maximum atomic E-state index is 12.0. The first kappa shape index (κ1) is 16.4. The van der Waals surface area contributed by atoms with Gasteiger partial charge in [0.25, 0.3) is 0 Å². The lowest BCUT2D eigenvalue weighted by molar-refractivity contribution is 0.237. The zero-order valence-electron chi connectivity index (χ0n) is 12.6. The fourth-order valence-corrected chi connectivity index (χ4v) is 2.74. The molecule has 2 amide bonds. The van der Waals surface area contributed by atoms with Gasteiger partial charge in [-0.25, -0.2) is 4.79 Å². The Morgan fingerprint density at radius 3 is 2.73 bits per heavy atom. The molecule has 0 saturated heterocycles. The van der Waals surface area contributed by atoms with Crippen molar-refractivity contribution >= 4 is 22.0 Å². The molecule has 4 nitrogen and oxygen atoms in total. The molecule has 0 aliphatic heterocycles. The van der Waals surface area contributed by atoms with E-state index < -0.39 is 0 Å². The lowest BCUT2D eigenvalue weighted by atomic mass is 10.1. The van der Waals surface area contributed by atoms with E-state index in [1.807, 2.05) is 55.5 Å². The number of urea groups is 1. The third kappa shape index (κ3) is 4.49. The predicted octanol–water partition coefficient (Wildman–Crippen LogP) is 4.02. The first-order valence-corrected chi connectivity index (χ1v) is 7.81. The summed E-state index contributed by atoms with van der Waals surface area (Å²) in [7, 11) is 1.62. The van der Waals surface area contributed by atoms with Crippen molar-refractivity contribution < 1.29 is 9.53 Å². The van der Waals surface area contributed by atoms with Crippen LogP contribution in [-0.4, -0.2) is 13.1 Å². The zero-order chi connectivity index (χ0) is 15.9. The average molecular weight is 363 g/mol. The first-order chi connectivity index (χ1) is 10.6. The summed E-state index contributed by atoms with van der Waals surface area (Å²) in [6.07, 6.45) is 0. The number of ether oxygens (including phenoxy) is 1. The minimum absolute atomic E-state index is 0.0825. The van der Waals surface area contributed by atoms with Crippen LogP contribution in [0.4, 0.5) is 4.79 Å². The molecule has 2 rings (SSSR count). The highest BCUT2D eigenvalue weighted by molar-refractivity contribution is 9.10. The molecule has 0 heterocycles. The number of halogens is 1. The lowest BCUT2D eigenvalue weighted by Crippen LogP contribution is -2.36. The van der Waals surface area contributed by atoms with Crippen molar-refractivity contribution in [1.29, 1.82) is 0 Å². The van der Waals surface area contributed by atoms with Crippen molar-refractivity contribution in [1.82, 2.24) is 10.6 Å². The first-order valence-electron chi connectivity index (χ1n) is 7.02. The van der Waals surface area contributed by atoms with E-state index in [4.69, 9.17) is 4.74 Å². The van der Waals surface area contributed by atoms with Gasteiger partial charge in [-0.1, -0.05) is 46.3 Å². The molecule has 2 N–H and O–H groups in total. The molecule has 0 spiro atoms. The topological polar surface area (TPSA) is 50.4 Å². The Labute approximate surface area is 139 Å². The summed E-state index contributed by atoms with van der Waals surface area (Å²) in [6, 6.07) is 15.2. The normalized spacial score (nSPS) is 11.6. The number of rotatable bonds is 5. The molecule has 1 unspecified atom stereocenters. The van der Waals surface area contributed by atoms with E-state index in [1.165, 1.54) is 0 Å². The van der Waals surface area contributed by atoms with Crippen LogP contribution in [0.2, 0.25) is 0 Å². The Kier molecular flexibility index (Phi) is 5.83. The van der Waals surface area contributed by atoms with Crippen LogP contribution in [0.1, 0.15) is 24.1 Å². The van der Waals surface area contributed by atoms with E-state index in [0.717, 1.165) is 21.3 Å². The van der Waals surface area contributed by atoms with Crippen LogP contribution in [0, 0.1) is 0 Å². The summed E-state index contributed by atoms with van der Waals surface area (Å²) in [4.78, 5) is 12.0. The van der Waals surface area contributed by atoms with Gasteiger partial charge in [-0.15, -0.1) is 0 Å². The smallest absolute Gasteiger partial charge is 0.315 e. The largest absolute Gasteiger partial charge is 0.497 e. The van der Waals surface area contributed by atoms with Crippen LogP contribution in [0.5, 0.6) is 5.75 Å². The van der Waals surface area contributed by atoms with E-state index in [2.05, 4.69) is 26.6 Å². The van der Waals surface area contributed by atoms with E-state index in [9.17, 15) is 4.79 Å². The molecule has 0 aromatic heterocycles. The highest BCUT2D eigenvalue weighted by Gasteiger charge is 2.11. The van der Waals surface area contributed by atoms with Gasteiger partial charge in [-0.05, 0) is 36.2 Å². The van der Waals surface area contributed by atoms with Gasteiger partial charge in [-0.2, -0.15) is 0 Å². The maximum Gasteiger partial charge on any atom is 0.315 e. The SMILES string of the molecule is COc1cccc(CNC(=O)NC(C)c2ccccc2Br)c1. The van der Waals surface area contributed by atoms with Crippen LogP contribution in [0.25, 0.3) is 0 Å². The van der Waals surface area contributed by atoms with Crippen LogP contribution in [0.3, 0.4) is 0 Å². The van der Waals surface area contributed by atoms with Crippen LogP contribution in [0.15, 0.2) is 53.0 Å². The van der Waals surface area contributed by atoms with Gasteiger partial charge < -0.3 is 15.4 Å². The van der Waals surface area contributed by atoms with Gasteiger partial charge in [0.15, 0.2) is 0 Å². The minimum Gasteiger partial charge on any atom is -0.497 e. The van der Waals surface area contributed by atoms with Gasteiger partial charge in [0.1, 0.15) is 5.75 Å². The molecule has 0 radical (unpaired) electrons. The monoisotopic (exact) mass is 362 g/mol. The molecule has 0 bridgehead atoms. The third-order valence-corrected chi connectivity index (χ3v) is 4.03. The van der Waals surface area contributed by atoms with Crippen molar-refractivity contribution in [3.8, 4) is 5.75 Å².